The highest BCUT2D eigenvalue weighted by molar-refractivity contribution is 4.55. The van der Waals surface area contributed by atoms with Gasteiger partial charge in [0.15, 0.2) is 0 Å². The lowest BCUT2D eigenvalue weighted by atomic mass is 10.4. The summed E-state index contributed by atoms with van der Waals surface area (Å²) in [6.07, 6.45) is 1.21. The van der Waals surface area contributed by atoms with Crippen LogP contribution in [0.1, 0.15) is 13.3 Å². The number of hydrogen-bond donors (Lipinski definition) is 2. The molecule has 86 valence electrons. The molecule has 0 heterocycles. The van der Waals surface area contributed by atoms with Crippen molar-refractivity contribution in [2.45, 2.75) is 19.6 Å². The summed E-state index contributed by atoms with van der Waals surface area (Å²) in [5, 5.41) is 6.43. The van der Waals surface area contributed by atoms with Gasteiger partial charge in [0.05, 0.1) is 6.61 Å². The summed E-state index contributed by atoms with van der Waals surface area (Å²) < 4.78 is 5.62. The van der Waals surface area contributed by atoms with Crippen LogP contribution < -0.4 is 10.6 Å². The summed E-state index contributed by atoms with van der Waals surface area (Å²) in [7, 11) is 6.08. The fourth-order valence-corrected chi connectivity index (χ4v) is 1.07. The Morgan fingerprint density at radius 1 is 1.29 bits per heavy atom. The molecule has 14 heavy (non-hydrogen) atoms. The van der Waals surface area contributed by atoms with Crippen LogP contribution in [-0.4, -0.2) is 58.5 Å². The van der Waals surface area contributed by atoms with Gasteiger partial charge in [-0.05, 0) is 27.6 Å². The molecular formula is C10H25N3O. The predicted molar refractivity (Wildman–Crippen MR) is 60.5 cm³/mol. The minimum absolute atomic E-state index is 0.197. The molecule has 0 rings (SSSR count). The fourth-order valence-electron chi connectivity index (χ4n) is 1.07. The molecule has 4 heteroatoms. The van der Waals surface area contributed by atoms with Crippen molar-refractivity contribution in [1.29, 1.82) is 0 Å². The second kappa shape index (κ2) is 9.40. The minimum atomic E-state index is 0.197. The fraction of sp³-hybridized carbons (Fsp3) is 1.00. The van der Waals surface area contributed by atoms with Gasteiger partial charge >= 0.3 is 0 Å². The first kappa shape index (κ1) is 13.8. The SMILES string of the molecule is CCC(NCCN(C)C)OCCNC. The summed E-state index contributed by atoms with van der Waals surface area (Å²) in [5.74, 6) is 0. The van der Waals surface area contributed by atoms with Crippen molar-refractivity contribution in [1.82, 2.24) is 15.5 Å². The summed E-state index contributed by atoms with van der Waals surface area (Å²) in [5.41, 5.74) is 0. The van der Waals surface area contributed by atoms with E-state index in [9.17, 15) is 0 Å². The molecule has 0 aromatic rings. The van der Waals surface area contributed by atoms with E-state index in [-0.39, 0.29) is 6.23 Å². The molecule has 0 fully saturated rings. The predicted octanol–water partition coefficient (Wildman–Crippen LogP) is 0.110. The van der Waals surface area contributed by atoms with Crippen molar-refractivity contribution >= 4 is 0 Å². The van der Waals surface area contributed by atoms with Crippen LogP contribution in [0.25, 0.3) is 0 Å². The second-order valence-corrected chi connectivity index (χ2v) is 3.63. The lowest BCUT2D eigenvalue weighted by Gasteiger charge is -2.19. The molecule has 0 aliphatic carbocycles. The molecule has 0 spiro atoms. The number of ether oxygens (including phenoxy) is 1. The monoisotopic (exact) mass is 203 g/mol. The van der Waals surface area contributed by atoms with E-state index in [1.165, 1.54) is 0 Å². The highest BCUT2D eigenvalue weighted by Gasteiger charge is 2.04. The van der Waals surface area contributed by atoms with E-state index in [0.717, 1.165) is 32.7 Å². The molecule has 1 unspecified atom stereocenters. The van der Waals surface area contributed by atoms with E-state index in [1.54, 1.807) is 0 Å². The van der Waals surface area contributed by atoms with Crippen LogP contribution in [0, 0.1) is 0 Å². The zero-order valence-electron chi connectivity index (χ0n) is 9.97. The number of nitrogens with one attached hydrogen (secondary N) is 2. The maximum atomic E-state index is 5.62. The summed E-state index contributed by atoms with van der Waals surface area (Å²) in [6.45, 7) is 5.83. The van der Waals surface area contributed by atoms with Crippen LogP contribution >= 0.6 is 0 Å². The van der Waals surface area contributed by atoms with Crippen molar-refractivity contribution in [3.63, 3.8) is 0 Å². The van der Waals surface area contributed by atoms with Gasteiger partial charge in [-0.15, -0.1) is 0 Å². The third-order valence-corrected chi connectivity index (χ3v) is 1.97. The van der Waals surface area contributed by atoms with Crippen LogP contribution in [-0.2, 0) is 4.74 Å². The molecule has 2 N–H and O–H groups in total. The molecule has 0 saturated heterocycles. The first-order valence-electron chi connectivity index (χ1n) is 5.35. The molecule has 0 bridgehead atoms. The number of likely N-dealkylation sites (N-methyl/N-ethyl adjacent to an activating group) is 2. The largest absolute Gasteiger partial charge is 0.362 e. The Kier molecular flexibility index (Phi) is 9.29. The lowest BCUT2D eigenvalue weighted by molar-refractivity contribution is 0.0290. The number of nitrogens with zero attached hydrogens (tertiary/aromatic N) is 1. The third kappa shape index (κ3) is 8.44. The summed E-state index contributed by atoms with van der Waals surface area (Å²) >= 11 is 0. The van der Waals surface area contributed by atoms with E-state index in [1.807, 2.05) is 7.05 Å². The maximum absolute atomic E-state index is 5.62. The molecular weight excluding hydrogens is 178 g/mol. The Hall–Kier alpha value is -0.160. The van der Waals surface area contributed by atoms with Gasteiger partial charge in [-0.25, -0.2) is 0 Å². The smallest absolute Gasteiger partial charge is 0.107 e. The topological polar surface area (TPSA) is 36.5 Å². The lowest BCUT2D eigenvalue weighted by Crippen LogP contribution is -2.37. The van der Waals surface area contributed by atoms with Crippen LogP contribution in [0.3, 0.4) is 0 Å². The average molecular weight is 203 g/mol. The Labute approximate surface area is 88.0 Å². The van der Waals surface area contributed by atoms with Crippen molar-refractivity contribution in [2.24, 2.45) is 0 Å². The molecule has 1 atom stereocenters. The van der Waals surface area contributed by atoms with Gasteiger partial charge in [-0.2, -0.15) is 0 Å². The van der Waals surface area contributed by atoms with Gasteiger partial charge in [0.25, 0.3) is 0 Å². The van der Waals surface area contributed by atoms with Crippen LogP contribution in [0.15, 0.2) is 0 Å². The molecule has 0 saturated carbocycles. The standard InChI is InChI=1S/C10H25N3O/c1-5-10(14-9-7-11-2)12-6-8-13(3)4/h10-12H,5-9H2,1-4H3. The van der Waals surface area contributed by atoms with Crippen molar-refractivity contribution < 1.29 is 4.74 Å². The van der Waals surface area contributed by atoms with E-state index in [4.69, 9.17) is 4.74 Å². The van der Waals surface area contributed by atoms with Crippen molar-refractivity contribution in [3.8, 4) is 0 Å². The van der Waals surface area contributed by atoms with Gasteiger partial charge in [0.2, 0.25) is 0 Å². The molecule has 0 aromatic heterocycles. The highest BCUT2D eigenvalue weighted by atomic mass is 16.5. The highest BCUT2D eigenvalue weighted by Crippen LogP contribution is 1.92. The van der Waals surface area contributed by atoms with Crippen LogP contribution in [0.5, 0.6) is 0 Å². The number of rotatable bonds is 9. The molecule has 0 radical (unpaired) electrons. The van der Waals surface area contributed by atoms with Gasteiger partial charge in [0.1, 0.15) is 6.23 Å². The molecule has 0 aliphatic heterocycles. The second-order valence-electron chi connectivity index (χ2n) is 3.63. The first-order valence-corrected chi connectivity index (χ1v) is 5.35. The first-order chi connectivity index (χ1) is 6.70. The molecule has 0 aromatic carbocycles. The summed E-state index contributed by atoms with van der Waals surface area (Å²) in [4.78, 5) is 2.16. The van der Waals surface area contributed by atoms with E-state index < -0.39 is 0 Å². The Balaban J connectivity index is 3.38. The molecule has 4 nitrogen and oxygen atoms in total. The van der Waals surface area contributed by atoms with Crippen molar-refractivity contribution in [3.05, 3.63) is 0 Å². The van der Waals surface area contributed by atoms with Crippen LogP contribution in [0.2, 0.25) is 0 Å². The van der Waals surface area contributed by atoms with E-state index >= 15 is 0 Å². The molecule has 0 aliphatic rings. The zero-order valence-corrected chi connectivity index (χ0v) is 9.97. The molecule has 0 amide bonds. The summed E-state index contributed by atoms with van der Waals surface area (Å²) in [6, 6.07) is 0. The van der Waals surface area contributed by atoms with Gasteiger partial charge in [-0.1, -0.05) is 6.92 Å². The van der Waals surface area contributed by atoms with Crippen molar-refractivity contribution in [2.75, 3.05) is 47.4 Å². The quantitative estimate of drug-likeness (QED) is 0.412. The Bertz CT molecular complexity index is 120. The minimum Gasteiger partial charge on any atom is -0.362 e. The van der Waals surface area contributed by atoms with E-state index in [2.05, 4.69) is 36.6 Å². The van der Waals surface area contributed by atoms with Crippen LogP contribution in [0.4, 0.5) is 0 Å². The maximum Gasteiger partial charge on any atom is 0.107 e. The van der Waals surface area contributed by atoms with Gasteiger partial charge < -0.3 is 15.0 Å². The average Bonchev–Trinajstić information content (AvgIpc) is 2.15. The van der Waals surface area contributed by atoms with Gasteiger partial charge in [-0.3, -0.25) is 5.32 Å². The number of hydrogen-bond acceptors (Lipinski definition) is 4. The van der Waals surface area contributed by atoms with Gasteiger partial charge in [0, 0.05) is 19.6 Å². The normalized spacial score (nSPS) is 13.5. The van der Waals surface area contributed by atoms with E-state index in [0.29, 0.717) is 0 Å². The Morgan fingerprint density at radius 2 is 2.00 bits per heavy atom. The third-order valence-electron chi connectivity index (χ3n) is 1.97. The zero-order chi connectivity index (χ0) is 10.8. The Morgan fingerprint density at radius 3 is 2.50 bits per heavy atom.